The molecular weight excluding hydrogens is 320 g/mol. The first-order valence-electron chi connectivity index (χ1n) is 8.15. The molecule has 25 heavy (non-hydrogen) atoms. The van der Waals surface area contributed by atoms with Crippen molar-refractivity contribution >= 4 is 17.5 Å². The molecule has 0 bridgehead atoms. The maximum Gasteiger partial charge on any atom is 0.259 e. The summed E-state index contributed by atoms with van der Waals surface area (Å²) >= 11 is 0. The van der Waals surface area contributed by atoms with Gasteiger partial charge in [0.2, 0.25) is 0 Å². The van der Waals surface area contributed by atoms with Crippen LogP contribution in [0.5, 0.6) is 11.5 Å². The minimum absolute atomic E-state index is 0.127. The third kappa shape index (κ3) is 3.57. The Morgan fingerprint density at radius 3 is 2.88 bits per heavy atom. The second-order valence-corrected chi connectivity index (χ2v) is 5.67. The fraction of sp³-hybridized carbons (Fsp3) is 0.263. The molecule has 1 heterocycles. The van der Waals surface area contributed by atoms with Crippen molar-refractivity contribution in [3.63, 3.8) is 0 Å². The van der Waals surface area contributed by atoms with Crippen LogP contribution in [0.2, 0.25) is 0 Å². The molecule has 1 aliphatic heterocycles. The van der Waals surface area contributed by atoms with Gasteiger partial charge in [-0.25, -0.2) is 0 Å². The first-order chi connectivity index (χ1) is 12.1. The minimum atomic E-state index is -0.292. The van der Waals surface area contributed by atoms with Gasteiger partial charge in [0.15, 0.2) is 0 Å². The van der Waals surface area contributed by atoms with Gasteiger partial charge >= 0.3 is 0 Å². The first kappa shape index (κ1) is 16.8. The number of hydrogen-bond acceptors (Lipinski definition) is 4. The van der Waals surface area contributed by atoms with E-state index in [1.54, 1.807) is 48.3 Å². The predicted octanol–water partition coefficient (Wildman–Crippen LogP) is 2.80. The van der Waals surface area contributed by atoms with Gasteiger partial charge in [-0.2, -0.15) is 0 Å². The SMILES string of the molecule is CCOc1ccccc1C(=O)Nc1ccc2c(c1)C(=O)N(C)CCO2. The lowest BCUT2D eigenvalue weighted by Gasteiger charge is -2.14. The van der Waals surface area contributed by atoms with Crippen molar-refractivity contribution in [2.24, 2.45) is 0 Å². The second kappa shape index (κ2) is 7.25. The fourth-order valence-corrected chi connectivity index (χ4v) is 2.63. The number of benzene rings is 2. The number of hydrogen-bond donors (Lipinski definition) is 1. The van der Waals surface area contributed by atoms with E-state index in [9.17, 15) is 9.59 Å². The number of nitrogens with zero attached hydrogens (tertiary/aromatic N) is 1. The Morgan fingerprint density at radius 1 is 1.28 bits per heavy atom. The van der Waals surface area contributed by atoms with Gasteiger partial charge in [0, 0.05) is 12.7 Å². The van der Waals surface area contributed by atoms with Gasteiger partial charge in [-0.3, -0.25) is 9.59 Å². The van der Waals surface area contributed by atoms with Crippen molar-refractivity contribution in [1.82, 2.24) is 4.90 Å². The van der Waals surface area contributed by atoms with E-state index in [0.717, 1.165) is 0 Å². The van der Waals surface area contributed by atoms with E-state index in [1.807, 2.05) is 13.0 Å². The number of likely N-dealkylation sites (N-methyl/N-ethyl adjacent to an activating group) is 1. The van der Waals surface area contributed by atoms with E-state index in [1.165, 1.54) is 0 Å². The highest BCUT2D eigenvalue weighted by Crippen LogP contribution is 2.27. The number of nitrogens with one attached hydrogen (secondary N) is 1. The van der Waals surface area contributed by atoms with E-state index < -0.39 is 0 Å². The molecule has 2 aromatic carbocycles. The van der Waals surface area contributed by atoms with Crippen molar-refractivity contribution in [3.8, 4) is 11.5 Å². The maximum absolute atomic E-state index is 12.6. The van der Waals surface area contributed by atoms with Crippen LogP contribution in [-0.4, -0.2) is 43.5 Å². The summed E-state index contributed by atoms with van der Waals surface area (Å²) in [4.78, 5) is 26.6. The molecule has 0 aliphatic carbocycles. The van der Waals surface area contributed by atoms with Crippen LogP contribution in [-0.2, 0) is 0 Å². The summed E-state index contributed by atoms with van der Waals surface area (Å²) in [6.45, 7) is 3.31. The Balaban J connectivity index is 1.86. The summed E-state index contributed by atoms with van der Waals surface area (Å²) in [5.41, 5.74) is 1.41. The average molecular weight is 340 g/mol. The molecule has 6 heteroatoms. The molecule has 1 N–H and O–H groups in total. The number of amides is 2. The van der Waals surface area contributed by atoms with Gasteiger partial charge in [0.1, 0.15) is 18.1 Å². The Labute approximate surface area is 146 Å². The van der Waals surface area contributed by atoms with Crippen molar-refractivity contribution in [1.29, 1.82) is 0 Å². The quantitative estimate of drug-likeness (QED) is 0.929. The van der Waals surface area contributed by atoms with Crippen LogP contribution >= 0.6 is 0 Å². The lowest BCUT2D eigenvalue weighted by Crippen LogP contribution is -2.27. The summed E-state index contributed by atoms with van der Waals surface area (Å²) in [6, 6.07) is 12.1. The molecule has 2 aromatic rings. The van der Waals surface area contributed by atoms with E-state index >= 15 is 0 Å². The molecule has 0 unspecified atom stereocenters. The highest BCUT2D eigenvalue weighted by Gasteiger charge is 2.22. The van der Waals surface area contributed by atoms with Crippen LogP contribution in [0.25, 0.3) is 0 Å². The molecule has 6 nitrogen and oxygen atoms in total. The zero-order valence-corrected chi connectivity index (χ0v) is 14.2. The van der Waals surface area contributed by atoms with Crippen molar-refractivity contribution in [2.75, 3.05) is 32.1 Å². The molecule has 1 aliphatic rings. The largest absolute Gasteiger partial charge is 0.493 e. The molecule has 0 radical (unpaired) electrons. The van der Waals surface area contributed by atoms with Crippen molar-refractivity contribution in [2.45, 2.75) is 6.92 Å². The molecule has 0 spiro atoms. The molecule has 2 amide bonds. The molecule has 0 saturated carbocycles. The van der Waals surface area contributed by atoms with Crippen molar-refractivity contribution < 1.29 is 19.1 Å². The summed E-state index contributed by atoms with van der Waals surface area (Å²) in [6.07, 6.45) is 0. The highest BCUT2D eigenvalue weighted by atomic mass is 16.5. The van der Waals surface area contributed by atoms with Gasteiger partial charge in [-0.15, -0.1) is 0 Å². The molecule has 130 valence electrons. The van der Waals surface area contributed by atoms with Gasteiger partial charge in [-0.1, -0.05) is 12.1 Å². The van der Waals surface area contributed by atoms with Crippen molar-refractivity contribution in [3.05, 3.63) is 53.6 Å². The van der Waals surface area contributed by atoms with Gasteiger partial charge in [0.05, 0.1) is 24.3 Å². The maximum atomic E-state index is 12.6. The summed E-state index contributed by atoms with van der Waals surface area (Å²) in [5, 5.41) is 2.82. The van der Waals surface area contributed by atoms with Gasteiger partial charge < -0.3 is 19.7 Å². The second-order valence-electron chi connectivity index (χ2n) is 5.67. The number of fused-ring (bicyclic) bond motifs is 1. The summed E-state index contributed by atoms with van der Waals surface area (Å²) < 4.78 is 11.1. The first-order valence-corrected chi connectivity index (χ1v) is 8.15. The Morgan fingerprint density at radius 2 is 2.08 bits per heavy atom. The number of anilines is 1. The molecule has 0 fully saturated rings. The molecular formula is C19H20N2O4. The lowest BCUT2D eigenvalue weighted by molar-refractivity contribution is 0.0796. The summed E-state index contributed by atoms with van der Waals surface area (Å²) in [5.74, 6) is 0.635. The molecule has 0 saturated heterocycles. The third-order valence-electron chi connectivity index (χ3n) is 3.93. The zero-order chi connectivity index (χ0) is 17.8. The van der Waals surface area contributed by atoms with Crippen LogP contribution in [0.15, 0.2) is 42.5 Å². The third-order valence-corrected chi connectivity index (χ3v) is 3.93. The van der Waals surface area contributed by atoms with E-state index in [-0.39, 0.29) is 11.8 Å². The monoisotopic (exact) mass is 340 g/mol. The molecule has 0 aromatic heterocycles. The number of para-hydroxylation sites is 1. The lowest BCUT2D eigenvalue weighted by atomic mass is 10.1. The van der Waals surface area contributed by atoms with Gasteiger partial charge in [-0.05, 0) is 37.3 Å². The normalized spacial score (nSPS) is 13.5. The van der Waals surface area contributed by atoms with Crippen LogP contribution < -0.4 is 14.8 Å². The van der Waals surface area contributed by atoms with Crippen LogP contribution in [0.4, 0.5) is 5.69 Å². The number of rotatable bonds is 4. The Bertz CT molecular complexity index is 804. The summed E-state index contributed by atoms with van der Waals surface area (Å²) in [7, 11) is 1.73. The minimum Gasteiger partial charge on any atom is -0.493 e. The standard InChI is InChI=1S/C19H20N2O4/c1-3-24-16-7-5-4-6-14(16)18(22)20-13-8-9-17-15(12-13)19(23)21(2)10-11-25-17/h4-9,12H,3,10-11H2,1-2H3,(H,20,22). The average Bonchev–Trinajstić information content (AvgIpc) is 2.75. The zero-order valence-electron chi connectivity index (χ0n) is 14.2. The van der Waals surface area contributed by atoms with Crippen LogP contribution in [0.3, 0.4) is 0 Å². The topological polar surface area (TPSA) is 67.9 Å². The van der Waals surface area contributed by atoms with Gasteiger partial charge in [0.25, 0.3) is 11.8 Å². The number of carbonyl (C=O) groups excluding carboxylic acids is 2. The number of ether oxygens (including phenoxy) is 2. The molecule has 0 atom stereocenters. The fourth-order valence-electron chi connectivity index (χ4n) is 2.63. The molecule has 3 rings (SSSR count). The number of carbonyl (C=O) groups is 2. The van der Waals surface area contributed by atoms with E-state index in [4.69, 9.17) is 9.47 Å². The van der Waals surface area contributed by atoms with Crippen LogP contribution in [0.1, 0.15) is 27.6 Å². The van der Waals surface area contributed by atoms with E-state index in [0.29, 0.717) is 48.1 Å². The Hall–Kier alpha value is -3.02. The smallest absolute Gasteiger partial charge is 0.259 e. The predicted molar refractivity (Wildman–Crippen MR) is 94.5 cm³/mol. The highest BCUT2D eigenvalue weighted by molar-refractivity contribution is 6.07. The van der Waals surface area contributed by atoms with Crippen LogP contribution in [0, 0.1) is 0 Å². The van der Waals surface area contributed by atoms with E-state index in [2.05, 4.69) is 5.32 Å². The Kier molecular flexibility index (Phi) is 4.88.